The first-order chi connectivity index (χ1) is 14.1. The predicted octanol–water partition coefficient (Wildman–Crippen LogP) is 4.78. The number of nitrogens with one attached hydrogen (secondary N) is 1. The second kappa shape index (κ2) is 7.80. The lowest BCUT2D eigenvalue weighted by Crippen LogP contribution is -2.35. The molecule has 1 atom stereocenters. The molecule has 5 nitrogen and oxygen atoms in total. The summed E-state index contributed by atoms with van der Waals surface area (Å²) in [7, 11) is 1.54. The van der Waals surface area contributed by atoms with Crippen molar-refractivity contribution < 1.29 is 19.1 Å². The Kier molecular flexibility index (Phi) is 5.04. The summed E-state index contributed by atoms with van der Waals surface area (Å²) in [6.45, 7) is 1.45. The number of fused-ring (bicyclic) bond motifs is 2. The van der Waals surface area contributed by atoms with Gasteiger partial charge in [-0.05, 0) is 31.2 Å². The lowest BCUT2D eigenvalue weighted by atomic mass is 9.76. The molecule has 3 aromatic carbocycles. The van der Waals surface area contributed by atoms with E-state index in [1.807, 2.05) is 54.6 Å². The van der Waals surface area contributed by atoms with Crippen molar-refractivity contribution >= 4 is 17.4 Å². The quantitative estimate of drug-likeness (QED) is 0.640. The third kappa shape index (κ3) is 3.47. The highest BCUT2D eigenvalue weighted by Crippen LogP contribution is 2.47. The molecular weight excluding hydrogens is 366 g/mol. The Morgan fingerprint density at radius 1 is 0.897 bits per heavy atom. The SMILES string of the molecule is COc1ccccc1NC(=O)C(C(C)=O)C1c2ccccc2Oc2ccccc21. The fourth-order valence-corrected chi connectivity index (χ4v) is 3.84. The maximum Gasteiger partial charge on any atom is 0.236 e. The van der Waals surface area contributed by atoms with Gasteiger partial charge in [0.25, 0.3) is 0 Å². The van der Waals surface area contributed by atoms with E-state index in [0.717, 1.165) is 11.1 Å². The molecule has 0 aliphatic carbocycles. The van der Waals surface area contributed by atoms with Gasteiger partial charge in [-0.15, -0.1) is 0 Å². The predicted molar refractivity (Wildman–Crippen MR) is 111 cm³/mol. The van der Waals surface area contributed by atoms with Crippen LogP contribution in [0.2, 0.25) is 0 Å². The van der Waals surface area contributed by atoms with Gasteiger partial charge in [-0.25, -0.2) is 0 Å². The van der Waals surface area contributed by atoms with Gasteiger partial charge in [0.05, 0.1) is 12.8 Å². The monoisotopic (exact) mass is 387 g/mol. The standard InChI is InChI=1S/C24H21NO4/c1-15(26)22(24(27)25-18-11-5-8-14-21(18)28-2)23-16-9-3-6-12-19(16)29-20-13-7-4-10-17(20)23/h3-14,22-23H,1-2H3,(H,25,27). The average molecular weight is 387 g/mol. The molecule has 29 heavy (non-hydrogen) atoms. The van der Waals surface area contributed by atoms with Gasteiger partial charge in [-0.2, -0.15) is 0 Å². The Morgan fingerprint density at radius 3 is 2.03 bits per heavy atom. The zero-order valence-corrected chi connectivity index (χ0v) is 16.2. The molecule has 4 rings (SSSR count). The molecule has 0 fully saturated rings. The van der Waals surface area contributed by atoms with Crippen LogP contribution in [0.5, 0.6) is 17.2 Å². The topological polar surface area (TPSA) is 64.6 Å². The van der Waals surface area contributed by atoms with Gasteiger partial charge < -0.3 is 14.8 Å². The molecule has 0 radical (unpaired) electrons. The molecule has 0 saturated carbocycles. The zero-order chi connectivity index (χ0) is 20.4. The van der Waals surface area contributed by atoms with Gasteiger partial charge in [0.1, 0.15) is 28.9 Å². The number of Topliss-reactive ketones (excluding diaryl/α,β-unsaturated/α-hetero) is 1. The average Bonchev–Trinajstić information content (AvgIpc) is 2.73. The van der Waals surface area contributed by atoms with E-state index in [1.165, 1.54) is 6.92 Å². The molecule has 1 unspecified atom stereocenters. The number of hydrogen-bond donors (Lipinski definition) is 1. The van der Waals surface area contributed by atoms with E-state index in [9.17, 15) is 9.59 Å². The molecular formula is C24H21NO4. The Hall–Kier alpha value is -3.60. The number of hydrogen-bond acceptors (Lipinski definition) is 4. The molecule has 1 aliphatic heterocycles. The number of carbonyl (C=O) groups excluding carboxylic acids is 2. The maximum atomic E-state index is 13.3. The molecule has 146 valence electrons. The molecule has 0 aromatic heterocycles. The van der Waals surface area contributed by atoms with Crippen molar-refractivity contribution in [3.8, 4) is 17.2 Å². The Morgan fingerprint density at radius 2 is 1.45 bits per heavy atom. The number of para-hydroxylation sites is 4. The number of ether oxygens (including phenoxy) is 2. The summed E-state index contributed by atoms with van der Waals surface area (Å²) in [5.41, 5.74) is 2.17. The highest BCUT2D eigenvalue weighted by atomic mass is 16.5. The number of rotatable bonds is 5. The molecule has 5 heteroatoms. The molecule has 1 heterocycles. The smallest absolute Gasteiger partial charge is 0.236 e. The largest absolute Gasteiger partial charge is 0.495 e. The summed E-state index contributed by atoms with van der Waals surface area (Å²) in [5, 5.41) is 2.88. The van der Waals surface area contributed by atoms with Crippen LogP contribution >= 0.6 is 0 Å². The summed E-state index contributed by atoms with van der Waals surface area (Å²) in [4.78, 5) is 26.0. The van der Waals surface area contributed by atoms with Crippen molar-refractivity contribution in [2.45, 2.75) is 12.8 Å². The molecule has 0 saturated heterocycles. The number of methoxy groups -OCH3 is 1. The Balaban J connectivity index is 1.78. The summed E-state index contributed by atoms with van der Waals surface area (Å²) >= 11 is 0. The fourth-order valence-electron chi connectivity index (χ4n) is 3.84. The van der Waals surface area contributed by atoms with Gasteiger partial charge in [0.15, 0.2) is 0 Å². The van der Waals surface area contributed by atoms with Crippen LogP contribution in [0.1, 0.15) is 24.0 Å². The second-order valence-electron chi connectivity index (χ2n) is 6.93. The number of ketones is 1. The Labute approximate surface area is 169 Å². The number of anilines is 1. The number of benzene rings is 3. The van der Waals surface area contributed by atoms with Crippen molar-refractivity contribution in [1.29, 1.82) is 0 Å². The van der Waals surface area contributed by atoms with Gasteiger partial charge in [-0.1, -0.05) is 48.5 Å². The first kappa shape index (κ1) is 18.7. The Bertz CT molecular complexity index is 1030. The van der Waals surface area contributed by atoms with Gasteiger partial charge in [0.2, 0.25) is 5.91 Å². The fraction of sp³-hybridized carbons (Fsp3) is 0.167. The minimum absolute atomic E-state index is 0.214. The zero-order valence-electron chi connectivity index (χ0n) is 16.2. The van der Waals surface area contributed by atoms with E-state index >= 15 is 0 Å². The van der Waals surface area contributed by atoms with E-state index < -0.39 is 11.8 Å². The first-order valence-corrected chi connectivity index (χ1v) is 9.40. The van der Waals surface area contributed by atoms with Crippen LogP contribution in [0.3, 0.4) is 0 Å². The molecule has 1 amide bonds. The van der Waals surface area contributed by atoms with Crippen molar-refractivity contribution in [2.24, 2.45) is 5.92 Å². The third-order valence-electron chi connectivity index (χ3n) is 5.15. The number of amides is 1. The molecule has 0 bridgehead atoms. The lowest BCUT2D eigenvalue weighted by Gasteiger charge is -2.32. The summed E-state index contributed by atoms with van der Waals surface area (Å²) in [5.74, 6) is -0.0853. The minimum Gasteiger partial charge on any atom is -0.495 e. The van der Waals surface area contributed by atoms with Crippen molar-refractivity contribution in [2.75, 3.05) is 12.4 Å². The highest BCUT2D eigenvalue weighted by molar-refractivity contribution is 6.08. The van der Waals surface area contributed by atoms with E-state index in [2.05, 4.69) is 5.32 Å². The normalized spacial score (nSPS) is 13.4. The molecule has 3 aromatic rings. The summed E-state index contributed by atoms with van der Waals surface area (Å²) in [6.07, 6.45) is 0. The van der Waals surface area contributed by atoms with Crippen LogP contribution in [0.4, 0.5) is 5.69 Å². The van der Waals surface area contributed by atoms with E-state index in [1.54, 1.807) is 25.3 Å². The molecule has 1 N–H and O–H groups in total. The van der Waals surface area contributed by atoms with Crippen molar-refractivity contribution in [1.82, 2.24) is 0 Å². The minimum atomic E-state index is -0.911. The van der Waals surface area contributed by atoms with Crippen molar-refractivity contribution in [3.05, 3.63) is 83.9 Å². The van der Waals surface area contributed by atoms with Crippen LogP contribution in [0.25, 0.3) is 0 Å². The lowest BCUT2D eigenvalue weighted by molar-refractivity contribution is -0.130. The third-order valence-corrected chi connectivity index (χ3v) is 5.15. The summed E-state index contributed by atoms with van der Waals surface area (Å²) in [6, 6.07) is 22.2. The number of carbonyl (C=O) groups is 2. The van der Waals surface area contributed by atoms with Crippen molar-refractivity contribution in [3.63, 3.8) is 0 Å². The van der Waals surface area contributed by atoms with Crippen LogP contribution in [0.15, 0.2) is 72.8 Å². The van der Waals surface area contributed by atoms with Gasteiger partial charge >= 0.3 is 0 Å². The van der Waals surface area contributed by atoms with Gasteiger partial charge in [0, 0.05) is 17.0 Å². The molecule has 1 aliphatic rings. The second-order valence-corrected chi connectivity index (χ2v) is 6.93. The van der Waals surface area contributed by atoms with Crippen LogP contribution < -0.4 is 14.8 Å². The summed E-state index contributed by atoms with van der Waals surface area (Å²) < 4.78 is 11.3. The van der Waals surface area contributed by atoms with Gasteiger partial charge in [-0.3, -0.25) is 9.59 Å². The van der Waals surface area contributed by atoms with Crippen LogP contribution in [0, 0.1) is 5.92 Å². The highest BCUT2D eigenvalue weighted by Gasteiger charge is 2.40. The van der Waals surface area contributed by atoms with Crippen LogP contribution in [-0.4, -0.2) is 18.8 Å². The van der Waals surface area contributed by atoms with Crippen LogP contribution in [-0.2, 0) is 9.59 Å². The van der Waals surface area contributed by atoms with E-state index in [-0.39, 0.29) is 11.7 Å². The van der Waals surface area contributed by atoms with E-state index in [4.69, 9.17) is 9.47 Å². The maximum absolute atomic E-state index is 13.3. The molecule has 0 spiro atoms. The first-order valence-electron chi connectivity index (χ1n) is 9.40. The van der Waals surface area contributed by atoms with E-state index in [0.29, 0.717) is 22.9 Å².